The summed E-state index contributed by atoms with van der Waals surface area (Å²) >= 11 is 1.17. The molecule has 0 bridgehead atoms. The van der Waals surface area contributed by atoms with Crippen LogP contribution in [0.1, 0.15) is 27.7 Å². The number of carboxylic acids is 1. The molecule has 1 N–H and O–H groups in total. The van der Waals surface area contributed by atoms with Gasteiger partial charge in [-0.25, -0.2) is 4.79 Å². The van der Waals surface area contributed by atoms with Crippen LogP contribution < -0.4 is 4.74 Å². The van der Waals surface area contributed by atoms with Crippen LogP contribution in [0.4, 0.5) is 0 Å². The largest absolute Gasteiger partial charge is 0.488 e. The number of hydrogen-bond acceptors (Lipinski definition) is 3. The minimum atomic E-state index is -0.915. The van der Waals surface area contributed by atoms with E-state index >= 15 is 0 Å². The first kappa shape index (κ1) is 12.6. The van der Waals surface area contributed by atoms with Gasteiger partial charge in [-0.3, -0.25) is 0 Å². The van der Waals surface area contributed by atoms with Gasteiger partial charge in [0.2, 0.25) is 0 Å². The molecule has 2 aromatic rings. The van der Waals surface area contributed by atoms with Crippen LogP contribution in [0.2, 0.25) is 0 Å². The van der Waals surface area contributed by atoms with E-state index in [4.69, 9.17) is 9.84 Å². The van der Waals surface area contributed by atoms with Gasteiger partial charge in [-0.1, -0.05) is 31.2 Å². The first-order valence-electron chi connectivity index (χ1n) is 5.71. The Bertz CT molecular complexity index is 528. The molecule has 0 spiro atoms. The molecule has 18 heavy (non-hydrogen) atoms. The van der Waals surface area contributed by atoms with E-state index in [2.05, 4.69) is 19.1 Å². The van der Waals surface area contributed by atoms with E-state index in [9.17, 15) is 4.79 Å². The van der Waals surface area contributed by atoms with Crippen molar-refractivity contribution in [3.63, 3.8) is 0 Å². The summed E-state index contributed by atoms with van der Waals surface area (Å²) in [6, 6.07) is 9.77. The van der Waals surface area contributed by atoms with Gasteiger partial charge in [-0.2, -0.15) is 0 Å². The van der Waals surface area contributed by atoms with Gasteiger partial charge in [0.05, 0.1) is 0 Å². The minimum absolute atomic E-state index is 0.298. The van der Waals surface area contributed by atoms with Crippen molar-refractivity contribution in [1.82, 2.24) is 0 Å². The predicted octanol–water partition coefficient (Wildman–Crippen LogP) is 3.59. The van der Waals surface area contributed by atoms with Crippen molar-refractivity contribution < 1.29 is 14.6 Å². The molecule has 0 aliphatic carbocycles. The minimum Gasteiger partial charge on any atom is -0.488 e. The lowest BCUT2D eigenvalue weighted by Crippen LogP contribution is -1.95. The highest BCUT2D eigenvalue weighted by Crippen LogP contribution is 2.22. The van der Waals surface area contributed by atoms with Crippen molar-refractivity contribution in [3.05, 3.63) is 51.7 Å². The van der Waals surface area contributed by atoms with Gasteiger partial charge < -0.3 is 9.84 Å². The van der Waals surface area contributed by atoms with Crippen molar-refractivity contribution in [2.75, 3.05) is 0 Å². The van der Waals surface area contributed by atoms with Crippen molar-refractivity contribution in [2.24, 2.45) is 0 Å². The molecule has 0 amide bonds. The van der Waals surface area contributed by atoms with Crippen LogP contribution in [0.25, 0.3) is 0 Å². The maximum atomic E-state index is 10.7. The van der Waals surface area contributed by atoms with Crippen LogP contribution in [0.15, 0.2) is 35.7 Å². The van der Waals surface area contributed by atoms with Crippen LogP contribution in [-0.2, 0) is 13.0 Å². The molecule has 0 radical (unpaired) electrons. The van der Waals surface area contributed by atoms with E-state index in [0.29, 0.717) is 17.2 Å². The fourth-order valence-electron chi connectivity index (χ4n) is 1.54. The number of ether oxygens (including phenoxy) is 1. The van der Waals surface area contributed by atoms with Crippen LogP contribution in [0, 0.1) is 0 Å². The topological polar surface area (TPSA) is 46.5 Å². The zero-order chi connectivity index (χ0) is 13.0. The Balaban J connectivity index is 1.95. The summed E-state index contributed by atoms with van der Waals surface area (Å²) in [6.45, 7) is 2.57. The van der Waals surface area contributed by atoms with Crippen LogP contribution in [-0.4, -0.2) is 11.1 Å². The molecule has 4 heteroatoms. The van der Waals surface area contributed by atoms with E-state index in [1.807, 2.05) is 12.1 Å². The molecule has 0 aliphatic heterocycles. The standard InChI is InChI=1S/C14H14O3S/c1-2-10-3-5-11(6-4-10)8-17-12-7-13(14(15)16)18-9-12/h3-7,9H,2,8H2,1H3,(H,15,16). The van der Waals surface area contributed by atoms with Crippen LogP contribution >= 0.6 is 11.3 Å². The second-order valence-corrected chi connectivity index (χ2v) is 4.82. The smallest absolute Gasteiger partial charge is 0.346 e. The zero-order valence-corrected chi connectivity index (χ0v) is 10.9. The third-order valence-corrected chi connectivity index (χ3v) is 3.52. The summed E-state index contributed by atoms with van der Waals surface area (Å²) in [5, 5.41) is 10.5. The van der Waals surface area contributed by atoms with E-state index in [0.717, 1.165) is 12.0 Å². The van der Waals surface area contributed by atoms with Crippen LogP contribution in [0.5, 0.6) is 5.75 Å². The average molecular weight is 262 g/mol. The maximum absolute atomic E-state index is 10.7. The van der Waals surface area contributed by atoms with Crippen molar-refractivity contribution in [1.29, 1.82) is 0 Å². The fourth-order valence-corrected chi connectivity index (χ4v) is 2.21. The molecular weight excluding hydrogens is 248 g/mol. The summed E-state index contributed by atoms with van der Waals surface area (Å²) in [6.07, 6.45) is 1.02. The number of benzene rings is 1. The average Bonchev–Trinajstić information content (AvgIpc) is 2.86. The number of rotatable bonds is 5. The first-order valence-corrected chi connectivity index (χ1v) is 6.59. The Hall–Kier alpha value is -1.81. The van der Waals surface area contributed by atoms with Gasteiger partial charge >= 0.3 is 5.97 Å². The lowest BCUT2D eigenvalue weighted by atomic mass is 10.1. The highest BCUT2D eigenvalue weighted by molar-refractivity contribution is 7.12. The summed E-state index contributed by atoms with van der Waals surface area (Å²) in [7, 11) is 0. The lowest BCUT2D eigenvalue weighted by molar-refractivity contribution is 0.0702. The SMILES string of the molecule is CCc1ccc(COc2csc(C(=O)O)c2)cc1. The lowest BCUT2D eigenvalue weighted by Gasteiger charge is -2.04. The first-order chi connectivity index (χ1) is 8.69. The van der Waals surface area contributed by atoms with E-state index in [-0.39, 0.29) is 0 Å². The molecule has 94 valence electrons. The summed E-state index contributed by atoms with van der Waals surface area (Å²) in [5.41, 5.74) is 2.37. The Morgan fingerprint density at radius 1 is 1.28 bits per heavy atom. The molecule has 1 heterocycles. The molecule has 0 saturated carbocycles. The van der Waals surface area contributed by atoms with Crippen LogP contribution in [0.3, 0.4) is 0 Å². The highest BCUT2D eigenvalue weighted by Gasteiger charge is 2.07. The second kappa shape index (κ2) is 5.69. The molecule has 0 saturated heterocycles. The van der Waals surface area contributed by atoms with Crippen molar-refractivity contribution >= 4 is 17.3 Å². The number of aryl methyl sites for hydroxylation is 1. The Kier molecular flexibility index (Phi) is 3.99. The summed E-state index contributed by atoms with van der Waals surface area (Å²) in [4.78, 5) is 11.0. The molecule has 1 aromatic carbocycles. The monoisotopic (exact) mass is 262 g/mol. The molecule has 0 aliphatic rings. The molecular formula is C14H14O3S. The number of carbonyl (C=O) groups is 1. The second-order valence-electron chi connectivity index (χ2n) is 3.91. The quantitative estimate of drug-likeness (QED) is 0.895. The van der Waals surface area contributed by atoms with Gasteiger partial charge in [-0.05, 0) is 17.5 Å². The van der Waals surface area contributed by atoms with E-state index in [1.54, 1.807) is 11.4 Å². The fraction of sp³-hybridized carbons (Fsp3) is 0.214. The van der Waals surface area contributed by atoms with E-state index in [1.165, 1.54) is 16.9 Å². The van der Waals surface area contributed by atoms with Gasteiger partial charge in [0.25, 0.3) is 0 Å². The molecule has 1 aromatic heterocycles. The molecule has 0 atom stereocenters. The zero-order valence-electron chi connectivity index (χ0n) is 10.1. The number of hydrogen-bond donors (Lipinski definition) is 1. The van der Waals surface area contributed by atoms with Gasteiger partial charge in [0.15, 0.2) is 0 Å². The maximum Gasteiger partial charge on any atom is 0.346 e. The highest BCUT2D eigenvalue weighted by atomic mass is 32.1. The third-order valence-electron chi connectivity index (χ3n) is 2.62. The number of aromatic carboxylic acids is 1. The van der Waals surface area contributed by atoms with E-state index < -0.39 is 5.97 Å². The molecule has 2 rings (SSSR count). The Morgan fingerprint density at radius 3 is 2.50 bits per heavy atom. The van der Waals surface area contributed by atoms with Gasteiger partial charge in [0, 0.05) is 11.4 Å². The Morgan fingerprint density at radius 2 is 1.94 bits per heavy atom. The van der Waals surface area contributed by atoms with Gasteiger partial charge in [0.1, 0.15) is 17.2 Å². The molecule has 0 unspecified atom stereocenters. The Labute approximate surface area is 110 Å². The van der Waals surface area contributed by atoms with Crippen molar-refractivity contribution in [2.45, 2.75) is 20.0 Å². The number of thiophene rings is 1. The summed E-state index contributed by atoms with van der Waals surface area (Å²) in [5.74, 6) is -0.306. The molecule has 3 nitrogen and oxygen atoms in total. The number of carboxylic acid groups (broad SMARTS) is 1. The van der Waals surface area contributed by atoms with Crippen molar-refractivity contribution in [3.8, 4) is 5.75 Å². The predicted molar refractivity (Wildman–Crippen MR) is 71.4 cm³/mol. The summed E-state index contributed by atoms with van der Waals surface area (Å²) < 4.78 is 5.54. The molecule has 0 fully saturated rings. The van der Waals surface area contributed by atoms with Gasteiger partial charge in [-0.15, -0.1) is 11.3 Å². The normalized spacial score (nSPS) is 10.3. The third kappa shape index (κ3) is 3.11.